The molecular weight excluding hydrogens is 343 g/mol. The molecule has 5 heteroatoms. The molecule has 0 N–H and O–H groups in total. The Bertz CT molecular complexity index is 240. The van der Waals surface area contributed by atoms with Gasteiger partial charge in [-0.2, -0.15) is 0 Å². The van der Waals surface area contributed by atoms with E-state index in [0.29, 0.717) is 6.42 Å². The van der Waals surface area contributed by atoms with Crippen molar-refractivity contribution in [3.05, 3.63) is 0 Å². The Morgan fingerprint density at radius 3 is 2.46 bits per heavy atom. The fraction of sp³-hybridized carbons (Fsp3) is 0.875. The molecule has 1 rings (SSSR count). The number of hydrogen-bond donors (Lipinski definition) is 0. The highest BCUT2D eigenvalue weighted by atomic mass is 79.9. The van der Waals surface area contributed by atoms with Crippen molar-refractivity contribution < 1.29 is 4.79 Å². The van der Waals surface area contributed by atoms with Crippen molar-refractivity contribution in [1.29, 1.82) is 0 Å². The maximum absolute atomic E-state index is 11.6. The summed E-state index contributed by atoms with van der Waals surface area (Å²) in [7, 11) is 0. The topological polar surface area (TPSA) is 17.1 Å². The van der Waals surface area contributed by atoms with Gasteiger partial charge in [-0.05, 0) is 5.41 Å². The van der Waals surface area contributed by atoms with Crippen LogP contribution >= 0.6 is 55.1 Å². The molecule has 1 aliphatic carbocycles. The van der Waals surface area contributed by atoms with Gasteiger partial charge in [-0.15, -0.1) is 11.6 Å². The Balaban J connectivity index is 3.00. The fourth-order valence-corrected chi connectivity index (χ4v) is 3.41. The van der Waals surface area contributed by atoms with Crippen LogP contribution in [0.1, 0.15) is 20.3 Å². The molecule has 13 heavy (non-hydrogen) atoms. The third kappa shape index (κ3) is 2.09. The third-order valence-corrected chi connectivity index (χ3v) is 6.96. The average Bonchev–Trinajstić information content (AvgIpc) is 1.98. The van der Waals surface area contributed by atoms with Gasteiger partial charge in [0.05, 0.1) is 10.2 Å². The summed E-state index contributed by atoms with van der Waals surface area (Å²) in [6.45, 7) is 3.94. The van der Waals surface area contributed by atoms with Crippen molar-refractivity contribution in [3.63, 3.8) is 0 Å². The van der Waals surface area contributed by atoms with Crippen LogP contribution in [0.3, 0.4) is 0 Å². The molecule has 0 aromatic rings. The van der Waals surface area contributed by atoms with E-state index in [2.05, 4.69) is 31.9 Å². The van der Waals surface area contributed by atoms with Gasteiger partial charge in [-0.3, -0.25) is 4.79 Å². The van der Waals surface area contributed by atoms with Crippen molar-refractivity contribution in [2.75, 3.05) is 0 Å². The van der Waals surface area contributed by atoms with Crippen LogP contribution in [-0.4, -0.2) is 19.8 Å². The number of carbonyl (C=O) groups is 1. The summed E-state index contributed by atoms with van der Waals surface area (Å²) < 4.78 is -1.05. The van der Waals surface area contributed by atoms with E-state index in [-0.39, 0.29) is 21.4 Å². The molecule has 0 aliphatic heterocycles. The Morgan fingerprint density at radius 1 is 1.54 bits per heavy atom. The maximum atomic E-state index is 11.6. The zero-order chi connectivity index (χ0) is 10.4. The SMILES string of the molecule is CC1(C)CC(=O)C(Cl)(Br)C(Br)C1Cl. The van der Waals surface area contributed by atoms with Crippen molar-refractivity contribution in [2.45, 2.75) is 34.3 Å². The molecule has 1 aliphatic rings. The van der Waals surface area contributed by atoms with Gasteiger partial charge in [0.15, 0.2) is 9.57 Å². The molecule has 3 unspecified atom stereocenters. The third-order valence-electron chi connectivity index (χ3n) is 2.34. The first-order chi connectivity index (χ1) is 5.69. The molecule has 0 heterocycles. The summed E-state index contributed by atoms with van der Waals surface area (Å²) in [6, 6.07) is 0. The van der Waals surface area contributed by atoms with Gasteiger partial charge >= 0.3 is 0 Å². The van der Waals surface area contributed by atoms with Gasteiger partial charge in [0, 0.05) is 6.42 Å². The fourth-order valence-electron chi connectivity index (χ4n) is 1.36. The van der Waals surface area contributed by atoms with Crippen LogP contribution in [0.4, 0.5) is 0 Å². The van der Waals surface area contributed by atoms with E-state index in [1.54, 1.807) is 0 Å². The number of rotatable bonds is 0. The Labute approximate surface area is 105 Å². The highest BCUT2D eigenvalue weighted by Gasteiger charge is 2.54. The number of ketones is 1. The lowest BCUT2D eigenvalue weighted by Crippen LogP contribution is -2.53. The molecule has 0 amide bonds. The largest absolute Gasteiger partial charge is 0.297 e. The minimum atomic E-state index is -1.05. The quantitative estimate of drug-likeness (QED) is 0.608. The van der Waals surface area contributed by atoms with Crippen molar-refractivity contribution in [2.24, 2.45) is 5.41 Å². The zero-order valence-electron chi connectivity index (χ0n) is 7.28. The maximum Gasteiger partial charge on any atom is 0.171 e. The summed E-state index contributed by atoms with van der Waals surface area (Å²) in [6.07, 6.45) is 0.401. The van der Waals surface area contributed by atoms with Gasteiger partial charge in [0.2, 0.25) is 0 Å². The van der Waals surface area contributed by atoms with Gasteiger partial charge in [0.25, 0.3) is 0 Å². The minimum absolute atomic E-state index is 0.0158. The number of carbonyl (C=O) groups excluding carboxylic acids is 1. The molecule has 3 atom stereocenters. The van der Waals surface area contributed by atoms with Crippen molar-refractivity contribution >= 4 is 60.8 Å². The highest BCUT2D eigenvalue weighted by Crippen LogP contribution is 2.50. The molecule has 1 fully saturated rings. The first kappa shape index (κ1) is 12.3. The van der Waals surface area contributed by atoms with E-state index in [1.807, 2.05) is 13.8 Å². The van der Waals surface area contributed by atoms with E-state index in [0.717, 1.165) is 0 Å². The number of Topliss-reactive ketones (excluding diaryl/α,β-unsaturated/α-hetero) is 1. The first-order valence-corrected chi connectivity index (χ1v) is 6.41. The first-order valence-electron chi connectivity index (χ1n) is 3.89. The highest BCUT2D eigenvalue weighted by molar-refractivity contribution is 9.13. The van der Waals surface area contributed by atoms with Gasteiger partial charge in [-0.25, -0.2) is 0 Å². The van der Waals surface area contributed by atoms with Crippen molar-refractivity contribution in [3.8, 4) is 0 Å². The second kappa shape index (κ2) is 3.66. The van der Waals surface area contributed by atoms with Crippen LogP contribution in [-0.2, 0) is 4.79 Å². The molecule has 0 aromatic heterocycles. The molecule has 0 saturated heterocycles. The Hall–Kier alpha value is 1.21. The number of hydrogen-bond acceptors (Lipinski definition) is 1. The van der Waals surface area contributed by atoms with Crippen LogP contribution in [0.2, 0.25) is 0 Å². The van der Waals surface area contributed by atoms with E-state index in [4.69, 9.17) is 23.2 Å². The molecular formula is C8H10Br2Cl2O. The lowest BCUT2D eigenvalue weighted by Gasteiger charge is -2.43. The van der Waals surface area contributed by atoms with Crippen LogP contribution in [0.15, 0.2) is 0 Å². The summed E-state index contributed by atoms with van der Waals surface area (Å²) in [4.78, 5) is 11.4. The predicted octanol–water partition coefficient (Wildman–Crippen LogP) is 3.69. The molecule has 0 spiro atoms. The summed E-state index contributed by atoms with van der Waals surface area (Å²) in [5.74, 6) is -0.0158. The molecule has 76 valence electrons. The van der Waals surface area contributed by atoms with Crippen LogP contribution < -0.4 is 0 Å². The van der Waals surface area contributed by atoms with Gasteiger partial charge < -0.3 is 0 Å². The Morgan fingerprint density at radius 2 is 2.00 bits per heavy atom. The lowest BCUT2D eigenvalue weighted by molar-refractivity contribution is -0.122. The van der Waals surface area contributed by atoms with Crippen LogP contribution in [0.25, 0.3) is 0 Å². The zero-order valence-corrected chi connectivity index (χ0v) is 12.0. The van der Waals surface area contributed by atoms with Crippen LogP contribution in [0.5, 0.6) is 0 Å². The normalized spacial score (nSPS) is 44.9. The van der Waals surface area contributed by atoms with Crippen LogP contribution in [0, 0.1) is 5.41 Å². The number of halogens is 4. The second-order valence-electron chi connectivity index (χ2n) is 4.02. The predicted molar refractivity (Wildman–Crippen MR) is 63.3 cm³/mol. The molecule has 0 radical (unpaired) electrons. The van der Waals surface area contributed by atoms with Gasteiger partial charge in [-0.1, -0.05) is 57.3 Å². The summed E-state index contributed by atoms with van der Waals surface area (Å²) >= 11 is 18.8. The summed E-state index contributed by atoms with van der Waals surface area (Å²) in [5, 5.41) is -0.165. The smallest absolute Gasteiger partial charge is 0.171 e. The van der Waals surface area contributed by atoms with E-state index in [9.17, 15) is 4.79 Å². The second-order valence-corrected chi connectivity index (χ2v) is 7.78. The minimum Gasteiger partial charge on any atom is -0.297 e. The standard InChI is InChI=1S/C8H10Br2Cl2O/c1-7(2)3-4(13)8(10,12)5(9)6(7)11/h5-6H,3H2,1-2H3. The summed E-state index contributed by atoms with van der Waals surface area (Å²) in [5.41, 5.74) is -0.209. The molecule has 0 bridgehead atoms. The molecule has 1 saturated carbocycles. The monoisotopic (exact) mass is 350 g/mol. The van der Waals surface area contributed by atoms with E-state index >= 15 is 0 Å². The average molecular weight is 353 g/mol. The number of alkyl halides is 4. The lowest BCUT2D eigenvalue weighted by atomic mass is 9.76. The van der Waals surface area contributed by atoms with Gasteiger partial charge in [0.1, 0.15) is 0 Å². The molecule has 0 aromatic carbocycles. The van der Waals surface area contributed by atoms with E-state index in [1.165, 1.54) is 0 Å². The Kier molecular flexibility index (Phi) is 3.45. The molecule has 1 nitrogen and oxygen atoms in total. The van der Waals surface area contributed by atoms with Crippen molar-refractivity contribution in [1.82, 2.24) is 0 Å². The van der Waals surface area contributed by atoms with E-state index < -0.39 is 3.78 Å².